The number of hydrogen-bond acceptors (Lipinski definition) is 5. The lowest BCUT2D eigenvalue weighted by atomic mass is 10.1. The van der Waals surface area contributed by atoms with Gasteiger partial charge in [-0.1, -0.05) is 12.1 Å². The second-order valence-electron chi connectivity index (χ2n) is 5.25. The van der Waals surface area contributed by atoms with Crippen LogP contribution >= 0.6 is 0 Å². The van der Waals surface area contributed by atoms with Gasteiger partial charge in [0.1, 0.15) is 17.3 Å². The zero-order valence-corrected chi connectivity index (χ0v) is 13.0. The highest BCUT2D eigenvalue weighted by Crippen LogP contribution is 2.26. The minimum Gasteiger partial charge on any atom is -0.508 e. The quantitative estimate of drug-likeness (QED) is 0.321. The van der Waals surface area contributed by atoms with Crippen LogP contribution in [-0.4, -0.2) is 15.8 Å². The molecule has 3 rings (SSSR count). The van der Waals surface area contributed by atoms with Crippen molar-refractivity contribution in [2.75, 3.05) is 0 Å². The number of non-ortho nitro benzene ring substituents is 1. The molecule has 0 fully saturated rings. The average Bonchev–Trinajstić information content (AvgIpc) is 3.09. The summed E-state index contributed by atoms with van der Waals surface area (Å²) >= 11 is 0. The Kier molecular flexibility index (Phi) is 4.43. The van der Waals surface area contributed by atoms with Gasteiger partial charge in [0.25, 0.3) is 5.69 Å². The van der Waals surface area contributed by atoms with Crippen LogP contribution in [0.5, 0.6) is 5.75 Å². The lowest BCUT2D eigenvalue weighted by Gasteiger charge is -1.97. The summed E-state index contributed by atoms with van der Waals surface area (Å²) in [6, 6.07) is 15.4. The fourth-order valence-corrected chi connectivity index (χ4v) is 2.25. The first-order chi connectivity index (χ1) is 12.0. The van der Waals surface area contributed by atoms with Crippen LogP contribution < -0.4 is 0 Å². The van der Waals surface area contributed by atoms with Gasteiger partial charge in [0.2, 0.25) is 0 Å². The third-order valence-electron chi connectivity index (χ3n) is 3.52. The molecule has 0 unspecified atom stereocenters. The number of benzene rings is 2. The van der Waals surface area contributed by atoms with Gasteiger partial charge in [-0.25, -0.2) is 0 Å². The maximum Gasteiger partial charge on any atom is 0.270 e. The van der Waals surface area contributed by atoms with Crippen LogP contribution in [0.4, 0.5) is 5.69 Å². The molecule has 0 bridgehead atoms. The molecular formula is C19H13NO5. The number of ketones is 1. The Balaban J connectivity index is 1.77. The van der Waals surface area contributed by atoms with E-state index in [1.54, 1.807) is 24.3 Å². The van der Waals surface area contributed by atoms with E-state index in [4.69, 9.17) is 4.42 Å². The summed E-state index contributed by atoms with van der Waals surface area (Å²) in [7, 11) is 0. The van der Waals surface area contributed by atoms with Crippen LogP contribution in [0.2, 0.25) is 0 Å². The summed E-state index contributed by atoms with van der Waals surface area (Å²) in [5.74, 6) is 0.788. The van der Waals surface area contributed by atoms with Crippen LogP contribution in [0.3, 0.4) is 0 Å². The summed E-state index contributed by atoms with van der Waals surface area (Å²) in [6.45, 7) is 0. The summed E-state index contributed by atoms with van der Waals surface area (Å²) in [6.07, 6.45) is 2.89. The number of hydrogen-bond donors (Lipinski definition) is 1. The van der Waals surface area contributed by atoms with Crippen molar-refractivity contribution < 1.29 is 19.2 Å². The number of nitro groups is 1. The molecular weight excluding hydrogens is 322 g/mol. The van der Waals surface area contributed by atoms with Gasteiger partial charge in [-0.2, -0.15) is 0 Å². The third-order valence-corrected chi connectivity index (χ3v) is 3.52. The van der Waals surface area contributed by atoms with Crippen LogP contribution in [0, 0.1) is 10.1 Å². The van der Waals surface area contributed by atoms with Crippen molar-refractivity contribution in [2.24, 2.45) is 0 Å². The smallest absolute Gasteiger partial charge is 0.270 e. The number of carbonyl (C=O) groups excluding carboxylic acids is 1. The van der Waals surface area contributed by atoms with Gasteiger partial charge in [-0.3, -0.25) is 14.9 Å². The maximum atomic E-state index is 12.0. The van der Waals surface area contributed by atoms with E-state index in [0.29, 0.717) is 22.6 Å². The fraction of sp³-hybridized carbons (Fsp3) is 0. The zero-order valence-electron chi connectivity index (χ0n) is 13.0. The van der Waals surface area contributed by atoms with Crippen molar-refractivity contribution in [3.8, 4) is 17.1 Å². The number of rotatable bonds is 5. The molecule has 0 aliphatic carbocycles. The molecule has 3 aromatic rings. The van der Waals surface area contributed by atoms with Crippen molar-refractivity contribution in [3.63, 3.8) is 0 Å². The molecule has 0 radical (unpaired) electrons. The van der Waals surface area contributed by atoms with E-state index in [1.807, 2.05) is 0 Å². The first kappa shape index (κ1) is 16.2. The Labute approximate surface area is 142 Å². The maximum absolute atomic E-state index is 12.0. The van der Waals surface area contributed by atoms with Crippen molar-refractivity contribution >= 4 is 17.5 Å². The summed E-state index contributed by atoms with van der Waals surface area (Å²) < 4.78 is 5.61. The van der Waals surface area contributed by atoms with Crippen LogP contribution in [0.15, 0.2) is 71.2 Å². The van der Waals surface area contributed by atoms with Crippen LogP contribution in [0.1, 0.15) is 16.1 Å². The number of nitro benzene ring substituents is 1. The molecule has 6 heteroatoms. The standard InChI is InChI=1S/C19H13NO5/c21-16-6-4-13(5-7-16)18(22)10-8-17-9-11-19(25-17)14-2-1-3-15(12-14)20(23)24/h1-12,21H/b10-8-. The van der Waals surface area contributed by atoms with Crippen molar-refractivity contribution in [3.05, 3.63) is 88.2 Å². The second-order valence-corrected chi connectivity index (χ2v) is 5.25. The number of phenolic OH excluding ortho intramolecular Hbond substituents is 1. The molecule has 6 nitrogen and oxygen atoms in total. The number of furan rings is 1. The lowest BCUT2D eigenvalue weighted by molar-refractivity contribution is -0.384. The molecule has 1 aromatic heterocycles. The Morgan fingerprint density at radius 3 is 2.56 bits per heavy atom. The molecule has 0 spiro atoms. The van der Waals surface area contributed by atoms with Gasteiger partial charge < -0.3 is 9.52 Å². The highest BCUT2D eigenvalue weighted by atomic mass is 16.6. The van der Waals surface area contributed by atoms with E-state index in [1.165, 1.54) is 48.6 Å². The first-order valence-electron chi connectivity index (χ1n) is 7.39. The van der Waals surface area contributed by atoms with Gasteiger partial charge in [0.15, 0.2) is 5.78 Å². The van der Waals surface area contributed by atoms with E-state index in [9.17, 15) is 20.0 Å². The minimum atomic E-state index is -0.469. The lowest BCUT2D eigenvalue weighted by Crippen LogP contribution is -1.92. The molecule has 0 saturated carbocycles. The van der Waals surface area contributed by atoms with Crippen LogP contribution in [-0.2, 0) is 0 Å². The molecule has 0 aliphatic heterocycles. The third kappa shape index (κ3) is 3.81. The monoisotopic (exact) mass is 335 g/mol. The van der Waals surface area contributed by atoms with E-state index >= 15 is 0 Å². The van der Waals surface area contributed by atoms with E-state index in [-0.39, 0.29) is 17.2 Å². The SMILES string of the molecule is O=C(/C=C\c1ccc(-c2cccc([N+](=O)[O-])c2)o1)c1ccc(O)cc1. The Morgan fingerprint density at radius 2 is 1.84 bits per heavy atom. The van der Waals surface area contributed by atoms with Crippen molar-refractivity contribution in [1.29, 1.82) is 0 Å². The number of allylic oxidation sites excluding steroid dienone is 1. The molecule has 25 heavy (non-hydrogen) atoms. The molecule has 2 aromatic carbocycles. The average molecular weight is 335 g/mol. The largest absolute Gasteiger partial charge is 0.508 e. The molecule has 0 aliphatic rings. The van der Waals surface area contributed by atoms with Gasteiger partial charge >= 0.3 is 0 Å². The van der Waals surface area contributed by atoms with Gasteiger partial charge in [0, 0.05) is 23.3 Å². The molecule has 124 valence electrons. The number of carbonyl (C=O) groups is 1. The topological polar surface area (TPSA) is 93.6 Å². The normalized spacial score (nSPS) is 10.9. The minimum absolute atomic E-state index is 0.0199. The van der Waals surface area contributed by atoms with Crippen molar-refractivity contribution in [2.45, 2.75) is 0 Å². The highest BCUT2D eigenvalue weighted by Gasteiger charge is 2.10. The van der Waals surface area contributed by atoms with Gasteiger partial charge in [-0.15, -0.1) is 0 Å². The Bertz CT molecular complexity index is 954. The zero-order chi connectivity index (χ0) is 17.8. The second kappa shape index (κ2) is 6.84. The molecule has 1 heterocycles. The van der Waals surface area contributed by atoms with Gasteiger partial charge in [0.05, 0.1) is 4.92 Å². The predicted octanol–water partition coefficient (Wildman–Crippen LogP) is 4.46. The Morgan fingerprint density at radius 1 is 1.08 bits per heavy atom. The molecule has 0 atom stereocenters. The number of nitrogens with zero attached hydrogens (tertiary/aromatic N) is 1. The molecule has 0 amide bonds. The molecule has 1 N–H and O–H groups in total. The van der Waals surface area contributed by atoms with Crippen molar-refractivity contribution in [1.82, 2.24) is 0 Å². The van der Waals surface area contributed by atoms with E-state index in [2.05, 4.69) is 0 Å². The van der Waals surface area contributed by atoms with Gasteiger partial charge in [-0.05, 0) is 48.6 Å². The summed E-state index contributed by atoms with van der Waals surface area (Å²) in [5.41, 5.74) is 1.01. The molecule has 0 saturated heterocycles. The number of phenols is 1. The van der Waals surface area contributed by atoms with E-state index in [0.717, 1.165) is 0 Å². The summed E-state index contributed by atoms with van der Waals surface area (Å²) in [5, 5.41) is 20.1. The van der Waals surface area contributed by atoms with Crippen LogP contribution in [0.25, 0.3) is 17.4 Å². The van der Waals surface area contributed by atoms with E-state index < -0.39 is 4.92 Å². The first-order valence-corrected chi connectivity index (χ1v) is 7.39. The Hall–Kier alpha value is -3.67. The highest BCUT2D eigenvalue weighted by molar-refractivity contribution is 6.06. The number of aromatic hydroxyl groups is 1. The predicted molar refractivity (Wildman–Crippen MR) is 92.3 cm³/mol. The summed E-state index contributed by atoms with van der Waals surface area (Å²) in [4.78, 5) is 22.4. The fourth-order valence-electron chi connectivity index (χ4n) is 2.25.